The van der Waals surface area contributed by atoms with Gasteiger partial charge < -0.3 is 10.2 Å². The number of hydrogen-bond donors (Lipinski definition) is 1. The SMILES string of the molecule is O=C1CCCC(CC(=O)N2CCCc3cc(Cl)ccc32)N1. The van der Waals surface area contributed by atoms with Crippen LogP contribution in [0.3, 0.4) is 0 Å². The van der Waals surface area contributed by atoms with Gasteiger partial charge in [-0.3, -0.25) is 9.59 Å². The zero-order valence-corrected chi connectivity index (χ0v) is 12.7. The van der Waals surface area contributed by atoms with Crippen LogP contribution in [0.4, 0.5) is 5.69 Å². The fourth-order valence-electron chi connectivity index (χ4n) is 3.18. The molecular weight excluding hydrogens is 288 g/mol. The quantitative estimate of drug-likeness (QED) is 0.913. The minimum Gasteiger partial charge on any atom is -0.353 e. The maximum atomic E-state index is 12.6. The smallest absolute Gasteiger partial charge is 0.229 e. The lowest BCUT2D eigenvalue weighted by atomic mass is 9.98. The number of benzene rings is 1. The van der Waals surface area contributed by atoms with Gasteiger partial charge in [-0.1, -0.05) is 11.6 Å². The molecule has 1 saturated heterocycles. The Labute approximate surface area is 129 Å². The first-order valence-electron chi connectivity index (χ1n) is 7.51. The Morgan fingerprint density at radius 3 is 3.00 bits per heavy atom. The van der Waals surface area contributed by atoms with Crippen molar-refractivity contribution in [3.05, 3.63) is 28.8 Å². The second kappa shape index (κ2) is 6.06. The highest BCUT2D eigenvalue weighted by atomic mass is 35.5. The van der Waals surface area contributed by atoms with Crippen LogP contribution in [-0.4, -0.2) is 24.4 Å². The van der Waals surface area contributed by atoms with E-state index < -0.39 is 0 Å². The number of carbonyl (C=O) groups excluding carboxylic acids is 2. The lowest BCUT2D eigenvalue weighted by molar-refractivity contribution is -0.124. The largest absolute Gasteiger partial charge is 0.353 e. The van der Waals surface area contributed by atoms with Crippen molar-refractivity contribution in [3.8, 4) is 0 Å². The molecule has 1 aromatic rings. The van der Waals surface area contributed by atoms with E-state index in [0.717, 1.165) is 43.5 Å². The summed E-state index contributed by atoms with van der Waals surface area (Å²) in [6.07, 6.45) is 4.63. The van der Waals surface area contributed by atoms with E-state index in [9.17, 15) is 9.59 Å². The van der Waals surface area contributed by atoms with Crippen LogP contribution in [-0.2, 0) is 16.0 Å². The summed E-state index contributed by atoms with van der Waals surface area (Å²) < 4.78 is 0. The maximum absolute atomic E-state index is 12.6. The molecule has 2 aliphatic rings. The van der Waals surface area contributed by atoms with Gasteiger partial charge in [-0.15, -0.1) is 0 Å². The van der Waals surface area contributed by atoms with Gasteiger partial charge >= 0.3 is 0 Å². The van der Waals surface area contributed by atoms with Gasteiger partial charge in [0, 0.05) is 36.1 Å². The minimum atomic E-state index is -0.0172. The summed E-state index contributed by atoms with van der Waals surface area (Å²) in [5, 5.41) is 3.62. The first-order valence-corrected chi connectivity index (χ1v) is 7.89. The molecule has 4 nitrogen and oxygen atoms in total. The fourth-order valence-corrected chi connectivity index (χ4v) is 3.37. The Hall–Kier alpha value is -1.55. The van der Waals surface area contributed by atoms with Gasteiger partial charge in [0.2, 0.25) is 11.8 Å². The van der Waals surface area contributed by atoms with Crippen LogP contribution in [0.2, 0.25) is 5.02 Å². The zero-order valence-electron chi connectivity index (χ0n) is 11.9. The molecule has 0 saturated carbocycles. The van der Waals surface area contributed by atoms with Crippen LogP contribution < -0.4 is 10.2 Å². The Morgan fingerprint density at radius 1 is 1.33 bits per heavy atom. The van der Waals surface area contributed by atoms with E-state index in [4.69, 9.17) is 11.6 Å². The van der Waals surface area contributed by atoms with Crippen molar-refractivity contribution in [1.82, 2.24) is 5.32 Å². The van der Waals surface area contributed by atoms with E-state index in [2.05, 4.69) is 5.32 Å². The summed E-state index contributed by atoms with van der Waals surface area (Å²) in [6, 6.07) is 5.68. The molecule has 1 atom stereocenters. The van der Waals surface area contributed by atoms with E-state index in [1.807, 2.05) is 23.1 Å². The third-order valence-electron chi connectivity index (χ3n) is 4.20. The molecule has 2 heterocycles. The molecule has 0 radical (unpaired) electrons. The third-order valence-corrected chi connectivity index (χ3v) is 4.44. The van der Waals surface area contributed by atoms with Crippen LogP contribution in [0.1, 0.15) is 37.7 Å². The second-order valence-corrected chi connectivity index (χ2v) is 6.22. The van der Waals surface area contributed by atoms with Crippen LogP contribution in [0.15, 0.2) is 18.2 Å². The predicted molar refractivity (Wildman–Crippen MR) is 82.5 cm³/mol. The predicted octanol–water partition coefficient (Wildman–Crippen LogP) is 2.68. The third kappa shape index (κ3) is 3.21. The fraction of sp³-hybridized carbons (Fsp3) is 0.500. The van der Waals surface area contributed by atoms with Crippen LogP contribution >= 0.6 is 11.6 Å². The Morgan fingerprint density at radius 2 is 2.19 bits per heavy atom. The summed E-state index contributed by atoms with van der Waals surface area (Å²) in [4.78, 5) is 25.8. The number of anilines is 1. The molecule has 3 rings (SSSR count). The number of nitrogens with zero attached hydrogens (tertiary/aromatic N) is 1. The standard InChI is InChI=1S/C16H19ClN2O2/c17-12-6-7-14-11(9-12)3-2-8-19(14)16(21)10-13-4-1-5-15(20)18-13/h6-7,9,13H,1-5,8,10H2,(H,18,20). The minimum absolute atomic E-state index is 0.0172. The normalized spacial score (nSPS) is 21.7. The highest BCUT2D eigenvalue weighted by Gasteiger charge is 2.27. The van der Waals surface area contributed by atoms with Crippen molar-refractivity contribution in [2.75, 3.05) is 11.4 Å². The van der Waals surface area contributed by atoms with Gasteiger partial charge in [0.15, 0.2) is 0 Å². The number of rotatable bonds is 2. The van der Waals surface area contributed by atoms with Crippen molar-refractivity contribution in [2.24, 2.45) is 0 Å². The number of amides is 2. The van der Waals surface area contributed by atoms with E-state index in [0.29, 0.717) is 17.9 Å². The summed E-state index contributed by atoms with van der Waals surface area (Å²) in [7, 11) is 0. The van der Waals surface area contributed by atoms with Crippen LogP contribution in [0, 0.1) is 0 Å². The molecule has 112 valence electrons. The van der Waals surface area contributed by atoms with Crippen LogP contribution in [0.5, 0.6) is 0 Å². The van der Waals surface area contributed by atoms with Gasteiger partial charge in [-0.05, 0) is 49.4 Å². The summed E-state index contributed by atoms with van der Waals surface area (Å²) in [5.41, 5.74) is 2.10. The van der Waals surface area contributed by atoms with Crippen molar-refractivity contribution >= 4 is 29.1 Å². The molecule has 1 fully saturated rings. The van der Waals surface area contributed by atoms with Crippen molar-refractivity contribution < 1.29 is 9.59 Å². The molecule has 2 aliphatic heterocycles. The molecule has 0 aliphatic carbocycles. The summed E-state index contributed by atoms with van der Waals surface area (Å²) in [6.45, 7) is 0.744. The number of hydrogen-bond acceptors (Lipinski definition) is 2. The number of nitrogens with one attached hydrogen (secondary N) is 1. The number of fused-ring (bicyclic) bond motifs is 1. The molecule has 5 heteroatoms. The van der Waals surface area contributed by atoms with E-state index >= 15 is 0 Å². The number of aryl methyl sites for hydroxylation is 1. The van der Waals surface area contributed by atoms with Crippen molar-refractivity contribution in [3.63, 3.8) is 0 Å². The van der Waals surface area contributed by atoms with Crippen LogP contribution in [0.25, 0.3) is 0 Å². The van der Waals surface area contributed by atoms with Gasteiger partial charge in [0.05, 0.1) is 0 Å². The van der Waals surface area contributed by atoms with Crippen molar-refractivity contribution in [1.29, 1.82) is 0 Å². The maximum Gasteiger partial charge on any atom is 0.229 e. The Balaban J connectivity index is 1.72. The number of carbonyl (C=O) groups is 2. The molecule has 21 heavy (non-hydrogen) atoms. The van der Waals surface area contributed by atoms with Gasteiger partial charge in [-0.2, -0.15) is 0 Å². The lowest BCUT2D eigenvalue weighted by Crippen LogP contribution is -2.44. The topological polar surface area (TPSA) is 49.4 Å². The molecule has 2 amide bonds. The van der Waals surface area contributed by atoms with Gasteiger partial charge in [0.1, 0.15) is 0 Å². The summed E-state index contributed by atoms with van der Waals surface area (Å²) in [5.74, 6) is 0.148. The Bertz CT molecular complexity index is 573. The molecule has 1 N–H and O–H groups in total. The molecular formula is C16H19ClN2O2. The first-order chi connectivity index (χ1) is 10.1. The van der Waals surface area contributed by atoms with E-state index in [-0.39, 0.29) is 17.9 Å². The van der Waals surface area contributed by atoms with E-state index in [1.54, 1.807) is 0 Å². The average Bonchev–Trinajstić information content (AvgIpc) is 2.46. The highest BCUT2D eigenvalue weighted by molar-refractivity contribution is 6.30. The highest BCUT2D eigenvalue weighted by Crippen LogP contribution is 2.30. The molecule has 1 unspecified atom stereocenters. The zero-order chi connectivity index (χ0) is 14.8. The van der Waals surface area contributed by atoms with E-state index in [1.165, 1.54) is 0 Å². The second-order valence-electron chi connectivity index (χ2n) is 5.78. The van der Waals surface area contributed by atoms with Gasteiger partial charge in [0.25, 0.3) is 0 Å². The lowest BCUT2D eigenvalue weighted by Gasteiger charge is -2.32. The molecule has 0 aromatic heterocycles. The molecule has 0 spiro atoms. The van der Waals surface area contributed by atoms with Gasteiger partial charge in [-0.25, -0.2) is 0 Å². The summed E-state index contributed by atoms with van der Waals surface area (Å²) >= 11 is 6.02. The molecule has 0 bridgehead atoms. The molecule has 1 aromatic carbocycles. The number of halogens is 1. The monoisotopic (exact) mass is 306 g/mol. The van der Waals surface area contributed by atoms with Crippen molar-refractivity contribution in [2.45, 2.75) is 44.6 Å². The average molecular weight is 307 g/mol. The first kappa shape index (κ1) is 14.4. The number of piperidine rings is 1. The Kier molecular flexibility index (Phi) is 4.15.